The van der Waals surface area contributed by atoms with Gasteiger partial charge in [-0.05, 0) is 11.8 Å². The molecule has 0 heterocycles. The Morgan fingerprint density at radius 2 is 1.00 bits per heavy atom. The molecule has 0 aromatic heterocycles. The van der Waals surface area contributed by atoms with E-state index in [0.717, 1.165) is 25.7 Å². The lowest BCUT2D eigenvalue weighted by Crippen LogP contribution is -2.19. The Balaban J connectivity index is 3.75. The lowest BCUT2D eigenvalue weighted by atomic mass is 10.1. The molecule has 0 bridgehead atoms. The van der Waals surface area contributed by atoms with E-state index in [1.807, 2.05) is 27.7 Å². The maximum absolute atomic E-state index is 11.2. The lowest BCUT2D eigenvalue weighted by molar-refractivity contribution is -0.219. The summed E-state index contributed by atoms with van der Waals surface area (Å²) in [6.07, 6.45) is 1.56. The highest BCUT2D eigenvalue weighted by Gasteiger charge is 2.15. The second kappa shape index (κ2) is 11.4. The van der Waals surface area contributed by atoms with Crippen LogP contribution < -0.4 is 0 Å². The van der Waals surface area contributed by atoms with Crippen LogP contribution in [0.4, 0.5) is 9.59 Å². The van der Waals surface area contributed by atoms with E-state index in [2.05, 4.69) is 9.78 Å². The van der Waals surface area contributed by atoms with Crippen molar-refractivity contribution in [3.63, 3.8) is 0 Å². The number of hydrogen-bond acceptors (Lipinski definition) is 6. The van der Waals surface area contributed by atoms with Gasteiger partial charge in [-0.1, -0.05) is 53.4 Å². The predicted molar refractivity (Wildman–Crippen MR) is 73.0 cm³/mol. The van der Waals surface area contributed by atoms with Crippen LogP contribution in [-0.4, -0.2) is 25.5 Å². The molecule has 20 heavy (non-hydrogen) atoms. The molecule has 0 aliphatic rings. The second-order valence-electron chi connectivity index (χ2n) is 4.65. The molecular formula is C14H26O6. The predicted octanol–water partition coefficient (Wildman–Crippen LogP) is 4.08. The minimum absolute atomic E-state index is 0.248. The van der Waals surface area contributed by atoms with Crippen molar-refractivity contribution in [2.24, 2.45) is 11.8 Å². The highest BCUT2D eigenvalue weighted by Crippen LogP contribution is 2.09. The molecule has 0 N–H and O–H groups in total. The topological polar surface area (TPSA) is 71.1 Å². The Kier molecular flexibility index (Phi) is 10.5. The summed E-state index contributed by atoms with van der Waals surface area (Å²) in [6.45, 7) is 8.53. The summed E-state index contributed by atoms with van der Waals surface area (Å²) < 4.78 is 9.62. The third kappa shape index (κ3) is 8.61. The first-order valence-corrected chi connectivity index (χ1v) is 7.25. The van der Waals surface area contributed by atoms with E-state index in [9.17, 15) is 9.59 Å². The zero-order valence-electron chi connectivity index (χ0n) is 12.8. The molecule has 0 radical (unpaired) electrons. The number of rotatable bonds is 8. The van der Waals surface area contributed by atoms with Gasteiger partial charge in [-0.25, -0.2) is 0 Å². The van der Waals surface area contributed by atoms with Crippen molar-refractivity contribution in [2.75, 3.05) is 13.2 Å². The van der Waals surface area contributed by atoms with E-state index in [-0.39, 0.29) is 25.0 Å². The summed E-state index contributed by atoms with van der Waals surface area (Å²) in [5.74, 6) is 0.564. The molecule has 0 aromatic carbocycles. The molecule has 118 valence electrons. The van der Waals surface area contributed by atoms with E-state index in [1.165, 1.54) is 0 Å². The van der Waals surface area contributed by atoms with Crippen LogP contribution in [-0.2, 0) is 19.2 Å². The molecule has 0 rings (SSSR count). The molecule has 0 unspecified atom stereocenters. The summed E-state index contributed by atoms with van der Waals surface area (Å²) in [7, 11) is 0. The Morgan fingerprint density at radius 1 is 0.700 bits per heavy atom. The molecular weight excluding hydrogens is 264 g/mol. The van der Waals surface area contributed by atoms with Crippen molar-refractivity contribution in [3.05, 3.63) is 0 Å². The van der Waals surface area contributed by atoms with E-state index < -0.39 is 12.3 Å². The summed E-state index contributed by atoms with van der Waals surface area (Å²) in [6, 6.07) is 0. The van der Waals surface area contributed by atoms with Gasteiger partial charge < -0.3 is 9.47 Å². The Hall–Kier alpha value is -1.46. The van der Waals surface area contributed by atoms with Gasteiger partial charge in [0.25, 0.3) is 0 Å². The zero-order valence-corrected chi connectivity index (χ0v) is 12.8. The van der Waals surface area contributed by atoms with E-state index in [1.54, 1.807) is 0 Å². The maximum Gasteiger partial charge on any atom is 0.550 e. The Labute approximate surface area is 120 Å². The first-order chi connectivity index (χ1) is 9.57. The normalized spacial score (nSPS) is 10.5. The third-order valence-corrected chi connectivity index (χ3v) is 3.36. The van der Waals surface area contributed by atoms with Gasteiger partial charge in [0.05, 0.1) is 13.2 Å². The summed E-state index contributed by atoms with van der Waals surface area (Å²) in [5, 5.41) is 0. The SMILES string of the molecule is CCC(CC)COC(=O)OOC(=O)OCC(CC)CC. The average Bonchev–Trinajstić information content (AvgIpc) is 2.47. The van der Waals surface area contributed by atoms with Gasteiger partial charge in [0.1, 0.15) is 0 Å². The van der Waals surface area contributed by atoms with E-state index >= 15 is 0 Å². The van der Waals surface area contributed by atoms with Gasteiger partial charge in [0, 0.05) is 0 Å². The number of carbonyl (C=O) groups is 2. The zero-order chi connectivity index (χ0) is 15.4. The quantitative estimate of drug-likeness (QED) is 0.381. The van der Waals surface area contributed by atoms with Crippen LogP contribution >= 0.6 is 0 Å². The van der Waals surface area contributed by atoms with Gasteiger partial charge in [-0.15, -0.1) is 0 Å². The van der Waals surface area contributed by atoms with Crippen LogP contribution in [0.1, 0.15) is 53.4 Å². The first-order valence-electron chi connectivity index (χ1n) is 7.25. The molecule has 0 aliphatic carbocycles. The van der Waals surface area contributed by atoms with E-state index in [0.29, 0.717) is 0 Å². The number of ether oxygens (including phenoxy) is 2. The van der Waals surface area contributed by atoms with Gasteiger partial charge in [0.2, 0.25) is 0 Å². The van der Waals surface area contributed by atoms with Crippen molar-refractivity contribution in [1.29, 1.82) is 0 Å². The molecule has 0 atom stereocenters. The van der Waals surface area contributed by atoms with E-state index in [4.69, 9.17) is 9.47 Å². The molecule has 0 saturated carbocycles. The van der Waals surface area contributed by atoms with Gasteiger partial charge in [-0.2, -0.15) is 19.4 Å². The van der Waals surface area contributed by atoms with Gasteiger partial charge >= 0.3 is 12.3 Å². The van der Waals surface area contributed by atoms with Crippen molar-refractivity contribution >= 4 is 12.3 Å². The smallest absolute Gasteiger partial charge is 0.431 e. The van der Waals surface area contributed by atoms with Crippen molar-refractivity contribution in [2.45, 2.75) is 53.4 Å². The lowest BCUT2D eigenvalue weighted by Gasteiger charge is -2.12. The highest BCUT2D eigenvalue weighted by molar-refractivity contribution is 5.63. The molecule has 0 aromatic rings. The largest absolute Gasteiger partial charge is 0.550 e. The third-order valence-electron chi connectivity index (χ3n) is 3.36. The number of hydrogen-bond donors (Lipinski definition) is 0. The average molecular weight is 290 g/mol. The molecule has 6 heteroatoms. The second-order valence-corrected chi connectivity index (χ2v) is 4.65. The Morgan fingerprint density at radius 3 is 1.25 bits per heavy atom. The molecule has 0 aliphatic heterocycles. The van der Waals surface area contributed by atoms with Crippen molar-refractivity contribution in [1.82, 2.24) is 0 Å². The molecule has 0 amide bonds. The van der Waals surface area contributed by atoms with Crippen LogP contribution in [0.2, 0.25) is 0 Å². The monoisotopic (exact) mass is 290 g/mol. The minimum Gasteiger partial charge on any atom is -0.431 e. The molecule has 0 spiro atoms. The standard InChI is InChI=1S/C14H26O6/c1-5-11(6-2)9-17-13(15)19-20-14(16)18-10-12(7-3)8-4/h11-12H,5-10H2,1-4H3. The van der Waals surface area contributed by atoms with Crippen LogP contribution in [0.25, 0.3) is 0 Å². The van der Waals surface area contributed by atoms with Crippen LogP contribution in [0.3, 0.4) is 0 Å². The Bertz CT molecular complexity index is 243. The highest BCUT2D eigenvalue weighted by atomic mass is 17.3. The van der Waals surface area contributed by atoms with Crippen molar-refractivity contribution in [3.8, 4) is 0 Å². The summed E-state index contributed by atoms with van der Waals surface area (Å²) >= 11 is 0. The summed E-state index contributed by atoms with van der Waals surface area (Å²) in [5.41, 5.74) is 0. The summed E-state index contributed by atoms with van der Waals surface area (Å²) in [4.78, 5) is 30.7. The van der Waals surface area contributed by atoms with Gasteiger partial charge in [0.15, 0.2) is 0 Å². The minimum atomic E-state index is -1.03. The molecule has 0 fully saturated rings. The van der Waals surface area contributed by atoms with Crippen molar-refractivity contribution < 1.29 is 28.8 Å². The number of carbonyl (C=O) groups excluding carboxylic acids is 2. The fraction of sp³-hybridized carbons (Fsp3) is 0.857. The van der Waals surface area contributed by atoms with Crippen LogP contribution in [0.5, 0.6) is 0 Å². The molecule has 6 nitrogen and oxygen atoms in total. The fourth-order valence-corrected chi connectivity index (χ4v) is 1.54. The van der Waals surface area contributed by atoms with Gasteiger partial charge in [-0.3, -0.25) is 0 Å². The van der Waals surface area contributed by atoms with Crippen LogP contribution in [0, 0.1) is 11.8 Å². The fourth-order valence-electron chi connectivity index (χ4n) is 1.54. The first kappa shape index (κ1) is 18.5. The maximum atomic E-state index is 11.2. The molecule has 0 saturated heterocycles. The van der Waals surface area contributed by atoms with Crippen LogP contribution in [0.15, 0.2) is 0 Å².